The Morgan fingerprint density at radius 3 is 2.69 bits per heavy atom. The Bertz CT molecular complexity index is 1190. The summed E-state index contributed by atoms with van der Waals surface area (Å²) in [5, 5.41) is 0.601. The Balaban J connectivity index is 1.74. The molecular formula is C22H17N3O3S. The van der Waals surface area contributed by atoms with Gasteiger partial charge in [-0.1, -0.05) is 47.7 Å². The molecule has 0 aliphatic carbocycles. The van der Waals surface area contributed by atoms with E-state index in [9.17, 15) is 9.59 Å². The van der Waals surface area contributed by atoms with Crippen molar-refractivity contribution in [3.8, 4) is 0 Å². The minimum atomic E-state index is -0.565. The van der Waals surface area contributed by atoms with Crippen molar-refractivity contribution in [3.63, 3.8) is 0 Å². The van der Waals surface area contributed by atoms with Gasteiger partial charge in [0, 0.05) is 11.3 Å². The first-order valence-electron chi connectivity index (χ1n) is 9.13. The summed E-state index contributed by atoms with van der Waals surface area (Å²) in [5.41, 5.74) is 4.03. The van der Waals surface area contributed by atoms with E-state index in [1.165, 1.54) is 24.5 Å². The number of carbonyl (C=O) groups excluding carboxylic acids is 2. The van der Waals surface area contributed by atoms with Gasteiger partial charge in [-0.3, -0.25) is 9.69 Å². The number of amides is 1. The lowest BCUT2D eigenvalue weighted by atomic mass is 9.99. The number of ether oxygens (including phenoxy) is 1. The van der Waals surface area contributed by atoms with E-state index in [1.54, 1.807) is 4.90 Å². The molecule has 2 aliphatic rings. The Labute approximate surface area is 171 Å². The van der Waals surface area contributed by atoms with Gasteiger partial charge >= 0.3 is 5.97 Å². The highest BCUT2D eigenvalue weighted by atomic mass is 32.1. The van der Waals surface area contributed by atoms with E-state index in [-0.39, 0.29) is 11.6 Å². The van der Waals surface area contributed by atoms with Crippen molar-refractivity contribution in [3.05, 3.63) is 77.1 Å². The van der Waals surface area contributed by atoms with Crippen LogP contribution in [0.2, 0.25) is 0 Å². The third kappa shape index (κ3) is 2.66. The SMILES string of the molecule is COC(=O)/C=C1/C(=O)N(c2nc3ccccc3s2)C2c3ccccc3C=C(C)N12. The number of benzene rings is 2. The predicted octanol–water partition coefficient (Wildman–Crippen LogP) is 4.08. The lowest BCUT2D eigenvalue weighted by Gasteiger charge is -2.34. The summed E-state index contributed by atoms with van der Waals surface area (Å²) in [6.07, 6.45) is 2.88. The molecule has 1 fully saturated rings. The number of anilines is 1. The highest BCUT2D eigenvalue weighted by Crippen LogP contribution is 2.47. The van der Waals surface area contributed by atoms with Gasteiger partial charge in [-0.25, -0.2) is 9.78 Å². The van der Waals surface area contributed by atoms with Crippen LogP contribution in [-0.2, 0) is 14.3 Å². The molecule has 1 aromatic heterocycles. The molecule has 2 aromatic carbocycles. The molecule has 1 atom stereocenters. The Hall–Kier alpha value is -3.45. The lowest BCUT2D eigenvalue weighted by molar-refractivity contribution is -0.135. The number of esters is 1. The summed E-state index contributed by atoms with van der Waals surface area (Å²) in [6, 6.07) is 15.8. The first-order valence-corrected chi connectivity index (χ1v) is 9.95. The standard InChI is InChI=1S/C22H17N3O3S/c1-13-11-14-7-3-4-8-15(14)20-24(13)17(12-19(26)28-2)21(27)25(20)22-23-16-9-5-6-10-18(16)29-22/h3-12,20H,1-2H3/b17-12-. The number of para-hydroxylation sites is 1. The maximum Gasteiger partial charge on any atom is 0.332 e. The first kappa shape index (κ1) is 17.6. The Morgan fingerprint density at radius 2 is 1.90 bits per heavy atom. The van der Waals surface area contributed by atoms with E-state index in [1.807, 2.05) is 66.4 Å². The Morgan fingerprint density at radius 1 is 1.14 bits per heavy atom. The van der Waals surface area contributed by atoms with E-state index in [4.69, 9.17) is 9.72 Å². The second-order valence-corrected chi connectivity index (χ2v) is 7.86. The molecule has 0 spiro atoms. The van der Waals surface area contributed by atoms with Crippen LogP contribution in [0.25, 0.3) is 16.3 Å². The number of fused-ring (bicyclic) bond motifs is 4. The van der Waals surface area contributed by atoms with Gasteiger partial charge in [-0.05, 0) is 30.7 Å². The molecule has 3 aromatic rings. The van der Waals surface area contributed by atoms with Crippen molar-refractivity contribution in [2.45, 2.75) is 13.1 Å². The molecular weight excluding hydrogens is 386 g/mol. The summed E-state index contributed by atoms with van der Waals surface area (Å²) in [5.74, 6) is -0.839. The number of allylic oxidation sites excluding steroid dienone is 1. The number of rotatable bonds is 2. The second kappa shape index (κ2) is 6.56. The molecule has 5 rings (SSSR count). The number of carbonyl (C=O) groups is 2. The molecule has 1 saturated heterocycles. The molecule has 1 amide bonds. The van der Waals surface area contributed by atoms with Crippen LogP contribution in [0, 0.1) is 0 Å². The van der Waals surface area contributed by atoms with Crippen LogP contribution in [0.15, 0.2) is 66.0 Å². The largest absolute Gasteiger partial charge is 0.466 e. The van der Waals surface area contributed by atoms with Gasteiger partial charge < -0.3 is 9.64 Å². The van der Waals surface area contributed by atoms with E-state index in [2.05, 4.69) is 0 Å². The summed E-state index contributed by atoms with van der Waals surface area (Å²) in [6.45, 7) is 1.93. The summed E-state index contributed by atoms with van der Waals surface area (Å²) >= 11 is 1.46. The summed E-state index contributed by atoms with van der Waals surface area (Å²) < 4.78 is 5.79. The van der Waals surface area contributed by atoms with Gasteiger partial charge in [0.15, 0.2) is 5.13 Å². The third-order valence-corrected chi connectivity index (χ3v) is 6.19. The minimum Gasteiger partial charge on any atom is -0.466 e. The third-order valence-electron chi connectivity index (χ3n) is 5.15. The molecule has 2 aliphatic heterocycles. The molecule has 0 N–H and O–H groups in total. The van der Waals surface area contributed by atoms with Crippen molar-refractivity contribution in [1.29, 1.82) is 0 Å². The van der Waals surface area contributed by atoms with Crippen LogP contribution in [0.3, 0.4) is 0 Å². The van der Waals surface area contributed by atoms with Gasteiger partial charge in [-0.2, -0.15) is 0 Å². The average molecular weight is 403 g/mol. The minimum absolute atomic E-state index is 0.274. The normalized spacial score (nSPS) is 19.4. The maximum absolute atomic E-state index is 13.5. The fraction of sp³-hybridized carbons (Fsp3) is 0.136. The molecule has 0 radical (unpaired) electrons. The first-order chi connectivity index (χ1) is 14.1. The number of hydrogen-bond acceptors (Lipinski definition) is 6. The van der Waals surface area contributed by atoms with Crippen molar-refractivity contribution in [2.24, 2.45) is 0 Å². The van der Waals surface area contributed by atoms with Gasteiger partial charge in [0.2, 0.25) is 0 Å². The van der Waals surface area contributed by atoms with Crippen LogP contribution in [0.5, 0.6) is 0 Å². The number of nitrogens with zero attached hydrogens (tertiary/aromatic N) is 3. The topological polar surface area (TPSA) is 62.7 Å². The zero-order valence-corrected chi connectivity index (χ0v) is 16.6. The Kier molecular flexibility index (Phi) is 3.99. The number of aromatic nitrogens is 1. The van der Waals surface area contributed by atoms with Crippen LogP contribution >= 0.6 is 11.3 Å². The van der Waals surface area contributed by atoms with Crippen LogP contribution < -0.4 is 4.90 Å². The van der Waals surface area contributed by atoms with Gasteiger partial charge in [-0.15, -0.1) is 0 Å². The van der Waals surface area contributed by atoms with Crippen molar-refractivity contribution in [2.75, 3.05) is 12.0 Å². The molecule has 29 heavy (non-hydrogen) atoms. The number of hydrogen-bond donors (Lipinski definition) is 0. The van der Waals surface area contributed by atoms with Crippen molar-refractivity contribution in [1.82, 2.24) is 9.88 Å². The molecule has 0 saturated carbocycles. The predicted molar refractivity (Wildman–Crippen MR) is 112 cm³/mol. The summed E-state index contributed by atoms with van der Waals surface area (Å²) in [7, 11) is 1.30. The van der Waals surface area contributed by atoms with E-state index >= 15 is 0 Å². The van der Waals surface area contributed by atoms with E-state index < -0.39 is 12.1 Å². The zero-order valence-electron chi connectivity index (χ0n) is 15.8. The van der Waals surface area contributed by atoms with Gasteiger partial charge in [0.1, 0.15) is 11.9 Å². The zero-order chi connectivity index (χ0) is 20.1. The molecule has 3 heterocycles. The van der Waals surface area contributed by atoms with Crippen molar-refractivity contribution >= 4 is 44.6 Å². The maximum atomic E-state index is 13.5. The molecule has 0 bridgehead atoms. The highest BCUT2D eigenvalue weighted by molar-refractivity contribution is 7.22. The smallest absolute Gasteiger partial charge is 0.332 e. The lowest BCUT2D eigenvalue weighted by Crippen LogP contribution is -2.33. The average Bonchev–Trinajstić information content (AvgIpc) is 3.27. The summed E-state index contributed by atoms with van der Waals surface area (Å²) in [4.78, 5) is 33.8. The molecule has 144 valence electrons. The molecule has 6 nitrogen and oxygen atoms in total. The monoisotopic (exact) mass is 403 g/mol. The molecule has 7 heteroatoms. The number of methoxy groups -OCH3 is 1. The fourth-order valence-corrected chi connectivity index (χ4v) is 4.86. The van der Waals surface area contributed by atoms with E-state index in [0.717, 1.165) is 27.0 Å². The highest BCUT2D eigenvalue weighted by Gasteiger charge is 2.47. The number of thiazole rings is 1. The van der Waals surface area contributed by atoms with Crippen molar-refractivity contribution < 1.29 is 14.3 Å². The van der Waals surface area contributed by atoms with Gasteiger partial charge in [0.25, 0.3) is 5.91 Å². The van der Waals surface area contributed by atoms with E-state index in [0.29, 0.717) is 5.13 Å². The fourth-order valence-electron chi connectivity index (χ4n) is 3.87. The van der Waals surface area contributed by atoms with Gasteiger partial charge in [0.05, 0.1) is 23.4 Å². The quantitative estimate of drug-likeness (QED) is 0.477. The second-order valence-electron chi connectivity index (χ2n) is 6.85. The molecule has 1 unspecified atom stereocenters. The van der Waals surface area contributed by atoms with Crippen LogP contribution in [0.1, 0.15) is 24.2 Å². The van der Waals surface area contributed by atoms with Crippen LogP contribution in [0.4, 0.5) is 5.13 Å². The van der Waals surface area contributed by atoms with Crippen LogP contribution in [-0.4, -0.2) is 28.9 Å².